The summed E-state index contributed by atoms with van der Waals surface area (Å²) in [5.41, 5.74) is 1.33. The van der Waals surface area contributed by atoms with Gasteiger partial charge in [-0.25, -0.2) is 4.98 Å². The summed E-state index contributed by atoms with van der Waals surface area (Å²) in [7, 11) is 3.43. The van der Waals surface area contributed by atoms with E-state index in [1.54, 1.807) is 35.2 Å². The first-order valence-corrected chi connectivity index (χ1v) is 7.08. The number of imidazole rings is 1. The Morgan fingerprint density at radius 3 is 2.95 bits per heavy atom. The van der Waals surface area contributed by atoms with Gasteiger partial charge >= 0.3 is 0 Å². The molecule has 1 atom stereocenters. The largest absolute Gasteiger partial charge is 0.359 e. The lowest BCUT2D eigenvalue weighted by molar-refractivity contribution is -0.121. The summed E-state index contributed by atoms with van der Waals surface area (Å²) in [6.07, 6.45) is 5.28. The summed E-state index contributed by atoms with van der Waals surface area (Å²) in [6, 6.07) is 1.71. The molecule has 116 valence electrons. The van der Waals surface area contributed by atoms with Gasteiger partial charge in [-0.2, -0.15) is 5.10 Å². The minimum atomic E-state index is -0.161. The van der Waals surface area contributed by atoms with Gasteiger partial charge in [0.2, 0.25) is 5.91 Å². The molecule has 1 aliphatic heterocycles. The smallest absolute Gasteiger partial charge is 0.274 e. The molecule has 0 spiro atoms. The van der Waals surface area contributed by atoms with Crippen molar-refractivity contribution >= 4 is 11.8 Å². The van der Waals surface area contributed by atoms with E-state index in [1.807, 2.05) is 17.8 Å². The summed E-state index contributed by atoms with van der Waals surface area (Å²) in [5.74, 6) is -0.200. The molecule has 2 aromatic rings. The highest BCUT2D eigenvalue weighted by Crippen LogP contribution is 2.24. The summed E-state index contributed by atoms with van der Waals surface area (Å²) in [6.45, 7) is 0.914. The lowest BCUT2D eigenvalue weighted by Crippen LogP contribution is -2.42. The monoisotopic (exact) mass is 302 g/mol. The Morgan fingerprint density at radius 2 is 2.27 bits per heavy atom. The Labute approximate surface area is 127 Å². The molecule has 3 heterocycles. The minimum Gasteiger partial charge on any atom is -0.359 e. The molecule has 0 aromatic carbocycles. The number of rotatable bonds is 3. The Morgan fingerprint density at radius 1 is 1.45 bits per heavy atom. The molecule has 1 N–H and O–H groups in total. The van der Waals surface area contributed by atoms with Crippen LogP contribution in [0.15, 0.2) is 24.8 Å². The van der Waals surface area contributed by atoms with Crippen molar-refractivity contribution in [1.29, 1.82) is 0 Å². The van der Waals surface area contributed by atoms with Crippen LogP contribution in [0.4, 0.5) is 0 Å². The average Bonchev–Trinajstić information content (AvgIpc) is 3.14. The summed E-state index contributed by atoms with van der Waals surface area (Å²) < 4.78 is 3.57. The van der Waals surface area contributed by atoms with Crippen LogP contribution in [0.3, 0.4) is 0 Å². The van der Waals surface area contributed by atoms with Crippen LogP contribution in [0, 0.1) is 0 Å². The predicted molar refractivity (Wildman–Crippen MR) is 77.9 cm³/mol. The standard InChI is InChI=1S/C14H18N6O2/c1-15-13(21)5-11-7-19(6-10-3-4-17-20(10)11)14(22)12-8-18(2)9-16-12/h3-4,8-9,11H,5-7H2,1-2H3,(H,15,21). The van der Waals surface area contributed by atoms with Gasteiger partial charge in [-0.1, -0.05) is 0 Å². The molecule has 22 heavy (non-hydrogen) atoms. The van der Waals surface area contributed by atoms with Crippen LogP contribution in [-0.4, -0.2) is 49.6 Å². The lowest BCUT2D eigenvalue weighted by atomic mass is 10.1. The zero-order chi connectivity index (χ0) is 15.7. The molecule has 8 nitrogen and oxygen atoms in total. The number of amides is 2. The molecular formula is C14H18N6O2. The molecule has 3 rings (SSSR count). The summed E-state index contributed by atoms with van der Waals surface area (Å²) in [4.78, 5) is 30.1. The SMILES string of the molecule is CNC(=O)CC1CN(C(=O)c2cn(C)cn2)Cc2ccnn21. The molecule has 0 aliphatic carbocycles. The Bertz CT molecular complexity index is 704. The average molecular weight is 302 g/mol. The highest BCUT2D eigenvalue weighted by Gasteiger charge is 2.30. The van der Waals surface area contributed by atoms with E-state index in [-0.39, 0.29) is 24.3 Å². The van der Waals surface area contributed by atoms with Crippen LogP contribution in [0.1, 0.15) is 28.6 Å². The second kappa shape index (κ2) is 5.63. The van der Waals surface area contributed by atoms with Crippen molar-refractivity contribution in [3.8, 4) is 0 Å². The van der Waals surface area contributed by atoms with E-state index in [0.29, 0.717) is 18.8 Å². The van der Waals surface area contributed by atoms with Gasteiger partial charge in [-0.15, -0.1) is 0 Å². The van der Waals surface area contributed by atoms with E-state index in [1.165, 1.54) is 0 Å². The predicted octanol–water partition coefficient (Wildman–Crippen LogP) is -0.0502. The Kier molecular flexibility index (Phi) is 3.66. The van der Waals surface area contributed by atoms with Gasteiger partial charge in [0, 0.05) is 33.0 Å². The number of aryl methyl sites for hydroxylation is 1. The normalized spacial score (nSPS) is 17.2. The van der Waals surface area contributed by atoms with Crippen molar-refractivity contribution in [3.05, 3.63) is 36.2 Å². The molecule has 2 amide bonds. The third-order valence-electron chi connectivity index (χ3n) is 3.79. The van der Waals surface area contributed by atoms with Crippen molar-refractivity contribution in [2.75, 3.05) is 13.6 Å². The van der Waals surface area contributed by atoms with Crippen LogP contribution in [0.5, 0.6) is 0 Å². The maximum Gasteiger partial charge on any atom is 0.274 e. The van der Waals surface area contributed by atoms with E-state index in [4.69, 9.17) is 0 Å². The van der Waals surface area contributed by atoms with Crippen molar-refractivity contribution < 1.29 is 9.59 Å². The second-order valence-electron chi connectivity index (χ2n) is 5.41. The fraction of sp³-hybridized carbons (Fsp3) is 0.429. The molecule has 1 aliphatic rings. The molecule has 0 fully saturated rings. The Hall–Kier alpha value is -2.64. The number of carbonyl (C=O) groups excluding carboxylic acids is 2. The van der Waals surface area contributed by atoms with Gasteiger partial charge in [0.25, 0.3) is 5.91 Å². The summed E-state index contributed by atoms with van der Waals surface area (Å²) in [5, 5.41) is 6.89. The molecule has 0 bridgehead atoms. The fourth-order valence-electron chi connectivity index (χ4n) is 2.69. The van der Waals surface area contributed by atoms with Crippen LogP contribution in [0.25, 0.3) is 0 Å². The summed E-state index contributed by atoms with van der Waals surface area (Å²) >= 11 is 0. The van der Waals surface area contributed by atoms with E-state index >= 15 is 0 Å². The van der Waals surface area contributed by atoms with E-state index in [9.17, 15) is 9.59 Å². The third kappa shape index (κ3) is 2.59. The highest BCUT2D eigenvalue weighted by atomic mass is 16.2. The minimum absolute atomic E-state index is 0.0708. The molecule has 0 saturated carbocycles. The van der Waals surface area contributed by atoms with Crippen LogP contribution >= 0.6 is 0 Å². The number of carbonyl (C=O) groups is 2. The molecule has 0 radical (unpaired) electrons. The van der Waals surface area contributed by atoms with Gasteiger partial charge in [0.05, 0.1) is 31.0 Å². The molecular weight excluding hydrogens is 284 g/mol. The second-order valence-corrected chi connectivity index (χ2v) is 5.41. The van der Waals surface area contributed by atoms with Crippen molar-refractivity contribution in [1.82, 2.24) is 29.5 Å². The van der Waals surface area contributed by atoms with Gasteiger partial charge in [0.1, 0.15) is 5.69 Å². The van der Waals surface area contributed by atoms with Gasteiger partial charge in [0.15, 0.2) is 0 Å². The maximum atomic E-state index is 12.6. The highest BCUT2D eigenvalue weighted by molar-refractivity contribution is 5.92. The van der Waals surface area contributed by atoms with Gasteiger partial charge < -0.3 is 14.8 Å². The number of nitrogens with one attached hydrogen (secondary N) is 1. The van der Waals surface area contributed by atoms with Crippen molar-refractivity contribution in [2.45, 2.75) is 19.0 Å². The number of hydrogen-bond acceptors (Lipinski definition) is 4. The lowest BCUT2D eigenvalue weighted by Gasteiger charge is -2.33. The van der Waals surface area contributed by atoms with Crippen LogP contribution < -0.4 is 5.32 Å². The molecule has 0 saturated heterocycles. The fourth-order valence-corrected chi connectivity index (χ4v) is 2.69. The number of hydrogen-bond donors (Lipinski definition) is 1. The third-order valence-corrected chi connectivity index (χ3v) is 3.79. The van der Waals surface area contributed by atoms with Crippen molar-refractivity contribution in [2.24, 2.45) is 7.05 Å². The van der Waals surface area contributed by atoms with Crippen LogP contribution in [0.2, 0.25) is 0 Å². The van der Waals surface area contributed by atoms with E-state index < -0.39 is 0 Å². The first-order chi connectivity index (χ1) is 10.6. The van der Waals surface area contributed by atoms with E-state index in [2.05, 4.69) is 15.4 Å². The zero-order valence-electron chi connectivity index (χ0n) is 12.6. The van der Waals surface area contributed by atoms with Gasteiger partial charge in [-0.05, 0) is 6.07 Å². The molecule has 8 heteroatoms. The Balaban J connectivity index is 1.83. The topological polar surface area (TPSA) is 85.1 Å². The molecule has 2 aromatic heterocycles. The number of fused-ring (bicyclic) bond motifs is 1. The number of aromatic nitrogens is 4. The van der Waals surface area contributed by atoms with Gasteiger partial charge in [-0.3, -0.25) is 14.3 Å². The van der Waals surface area contributed by atoms with E-state index in [0.717, 1.165) is 5.69 Å². The zero-order valence-corrected chi connectivity index (χ0v) is 12.6. The number of nitrogens with zero attached hydrogens (tertiary/aromatic N) is 5. The molecule has 1 unspecified atom stereocenters. The maximum absolute atomic E-state index is 12.6. The van der Waals surface area contributed by atoms with Crippen molar-refractivity contribution in [3.63, 3.8) is 0 Å². The van der Waals surface area contributed by atoms with Crippen LogP contribution in [-0.2, 0) is 18.4 Å². The first-order valence-electron chi connectivity index (χ1n) is 7.08. The first kappa shape index (κ1) is 14.3. The quantitative estimate of drug-likeness (QED) is 0.861.